The van der Waals surface area contributed by atoms with Crippen LogP contribution in [0.5, 0.6) is 0 Å². The van der Waals surface area contributed by atoms with E-state index in [9.17, 15) is 9.59 Å². The van der Waals surface area contributed by atoms with Crippen LogP contribution in [0.4, 0.5) is 10.5 Å². The fourth-order valence-electron chi connectivity index (χ4n) is 2.95. The fourth-order valence-corrected chi connectivity index (χ4v) is 3.27. The number of nitrogens with one attached hydrogen (secondary N) is 2. The van der Waals surface area contributed by atoms with Crippen LogP contribution in [-0.4, -0.2) is 29.4 Å². The first-order chi connectivity index (χ1) is 12.5. The van der Waals surface area contributed by atoms with E-state index in [4.69, 9.17) is 23.2 Å². The van der Waals surface area contributed by atoms with E-state index in [0.717, 1.165) is 12.0 Å². The Morgan fingerprint density at radius 3 is 2.58 bits per heavy atom. The van der Waals surface area contributed by atoms with Crippen LogP contribution in [0, 0.1) is 0 Å². The number of carbonyl (C=O) groups is 2. The Labute approximate surface area is 162 Å². The zero-order chi connectivity index (χ0) is 18.5. The van der Waals surface area contributed by atoms with E-state index in [1.807, 2.05) is 12.1 Å². The van der Waals surface area contributed by atoms with Crippen molar-refractivity contribution in [2.45, 2.75) is 25.4 Å². The van der Waals surface area contributed by atoms with Gasteiger partial charge < -0.3 is 15.5 Å². The van der Waals surface area contributed by atoms with Crippen LogP contribution < -0.4 is 10.6 Å². The van der Waals surface area contributed by atoms with E-state index in [1.54, 1.807) is 41.3 Å². The lowest BCUT2D eigenvalue weighted by Crippen LogP contribution is -2.47. The van der Waals surface area contributed by atoms with Gasteiger partial charge in [-0.25, -0.2) is 4.79 Å². The summed E-state index contributed by atoms with van der Waals surface area (Å²) in [6.07, 6.45) is 1.44. The lowest BCUT2D eigenvalue weighted by atomic mass is 10.2. The SMILES string of the molecule is O=C(NCc1ccc(Cl)cc1)[C@H]1CCCN1C(=O)Nc1cccc(Cl)c1. The summed E-state index contributed by atoms with van der Waals surface area (Å²) in [5.74, 6) is -0.154. The van der Waals surface area contributed by atoms with Crippen LogP contribution in [-0.2, 0) is 11.3 Å². The van der Waals surface area contributed by atoms with Crippen LogP contribution >= 0.6 is 23.2 Å². The van der Waals surface area contributed by atoms with E-state index in [1.165, 1.54) is 0 Å². The van der Waals surface area contributed by atoms with E-state index >= 15 is 0 Å². The molecule has 1 aliphatic rings. The van der Waals surface area contributed by atoms with E-state index in [0.29, 0.717) is 35.2 Å². The van der Waals surface area contributed by atoms with Crippen molar-refractivity contribution in [1.82, 2.24) is 10.2 Å². The number of rotatable bonds is 4. The highest BCUT2D eigenvalue weighted by atomic mass is 35.5. The molecule has 0 radical (unpaired) electrons. The number of likely N-dealkylation sites (tertiary alicyclic amines) is 1. The van der Waals surface area contributed by atoms with E-state index in [2.05, 4.69) is 10.6 Å². The largest absolute Gasteiger partial charge is 0.350 e. The monoisotopic (exact) mass is 391 g/mol. The number of carbonyl (C=O) groups excluding carboxylic acids is 2. The third-order valence-corrected chi connectivity index (χ3v) is 4.76. The normalized spacial score (nSPS) is 16.4. The molecule has 1 atom stereocenters. The minimum absolute atomic E-state index is 0.154. The second kappa shape index (κ2) is 8.43. The van der Waals surface area contributed by atoms with Crippen molar-refractivity contribution in [3.8, 4) is 0 Å². The average Bonchev–Trinajstić information content (AvgIpc) is 3.11. The molecule has 3 amide bonds. The smallest absolute Gasteiger partial charge is 0.322 e. The fraction of sp³-hybridized carbons (Fsp3) is 0.263. The number of anilines is 1. The Morgan fingerprint density at radius 2 is 1.85 bits per heavy atom. The first-order valence-electron chi connectivity index (χ1n) is 8.38. The molecule has 5 nitrogen and oxygen atoms in total. The van der Waals surface area contributed by atoms with Gasteiger partial charge in [-0.3, -0.25) is 4.79 Å². The van der Waals surface area contributed by atoms with Crippen LogP contribution in [0.15, 0.2) is 48.5 Å². The molecular weight excluding hydrogens is 373 g/mol. The molecule has 7 heteroatoms. The third kappa shape index (κ3) is 4.68. The Morgan fingerprint density at radius 1 is 1.08 bits per heavy atom. The van der Waals surface area contributed by atoms with Gasteiger partial charge in [0.05, 0.1) is 0 Å². The van der Waals surface area contributed by atoms with Gasteiger partial charge in [-0.05, 0) is 48.7 Å². The summed E-state index contributed by atoms with van der Waals surface area (Å²) in [7, 11) is 0. The van der Waals surface area contributed by atoms with Crippen molar-refractivity contribution < 1.29 is 9.59 Å². The van der Waals surface area contributed by atoms with Crippen molar-refractivity contribution >= 4 is 40.8 Å². The van der Waals surface area contributed by atoms with Crippen molar-refractivity contribution in [3.05, 3.63) is 64.1 Å². The molecule has 136 valence electrons. The Kier molecular flexibility index (Phi) is 6.01. The third-order valence-electron chi connectivity index (χ3n) is 4.27. The van der Waals surface area contributed by atoms with Crippen LogP contribution in [0.1, 0.15) is 18.4 Å². The van der Waals surface area contributed by atoms with E-state index < -0.39 is 6.04 Å². The molecule has 0 spiro atoms. The summed E-state index contributed by atoms with van der Waals surface area (Å²) in [6, 6.07) is 13.4. The van der Waals surface area contributed by atoms with Gasteiger partial charge >= 0.3 is 6.03 Å². The molecule has 0 saturated carbocycles. The standard InChI is InChI=1S/C19H19Cl2N3O2/c20-14-8-6-13(7-9-14)12-22-18(25)17-5-2-10-24(17)19(26)23-16-4-1-3-15(21)11-16/h1,3-4,6-9,11,17H,2,5,10,12H2,(H,22,25)(H,23,26)/t17-/m1/s1. The predicted molar refractivity (Wildman–Crippen MR) is 103 cm³/mol. The van der Waals surface area contributed by atoms with Gasteiger partial charge in [-0.1, -0.05) is 41.4 Å². The maximum absolute atomic E-state index is 12.5. The second-order valence-corrected chi connectivity index (χ2v) is 7.01. The summed E-state index contributed by atoms with van der Waals surface area (Å²) >= 11 is 11.8. The number of nitrogens with zero attached hydrogens (tertiary/aromatic N) is 1. The molecule has 26 heavy (non-hydrogen) atoms. The molecule has 0 aromatic heterocycles. The van der Waals surface area contributed by atoms with Crippen molar-refractivity contribution in [1.29, 1.82) is 0 Å². The molecule has 2 N–H and O–H groups in total. The Bertz CT molecular complexity index is 796. The summed E-state index contributed by atoms with van der Waals surface area (Å²) in [5, 5.41) is 6.89. The number of hydrogen-bond acceptors (Lipinski definition) is 2. The first-order valence-corrected chi connectivity index (χ1v) is 9.14. The van der Waals surface area contributed by atoms with Gasteiger partial charge in [-0.15, -0.1) is 0 Å². The van der Waals surface area contributed by atoms with Crippen LogP contribution in [0.25, 0.3) is 0 Å². The average molecular weight is 392 g/mol. The molecule has 1 saturated heterocycles. The number of urea groups is 1. The molecule has 1 heterocycles. The highest BCUT2D eigenvalue weighted by molar-refractivity contribution is 6.31. The summed E-state index contributed by atoms with van der Waals surface area (Å²) in [4.78, 5) is 26.6. The first kappa shape index (κ1) is 18.5. The Hall–Kier alpha value is -2.24. The molecule has 0 unspecified atom stereocenters. The molecular formula is C19H19Cl2N3O2. The van der Waals surface area contributed by atoms with Gasteiger partial charge in [0, 0.05) is 28.8 Å². The molecule has 1 aliphatic heterocycles. The maximum Gasteiger partial charge on any atom is 0.322 e. The second-order valence-electron chi connectivity index (χ2n) is 6.14. The minimum atomic E-state index is -0.471. The van der Waals surface area contributed by atoms with Crippen molar-refractivity contribution in [2.75, 3.05) is 11.9 Å². The number of amides is 3. The number of hydrogen-bond donors (Lipinski definition) is 2. The van der Waals surface area contributed by atoms with E-state index in [-0.39, 0.29) is 11.9 Å². The summed E-state index contributed by atoms with van der Waals surface area (Å²) in [5.41, 5.74) is 1.56. The summed E-state index contributed by atoms with van der Waals surface area (Å²) in [6.45, 7) is 0.946. The molecule has 1 fully saturated rings. The van der Waals surface area contributed by atoms with Gasteiger partial charge in [-0.2, -0.15) is 0 Å². The maximum atomic E-state index is 12.5. The van der Waals surface area contributed by atoms with Crippen molar-refractivity contribution in [2.24, 2.45) is 0 Å². The minimum Gasteiger partial charge on any atom is -0.350 e. The number of benzene rings is 2. The lowest BCUT2D eigenvalue weighted by molar-refractivity contribution is -0.124. The predicted octanol–water partition coefficient (Wildman–Crippen LogP) is 4.31. The molecule has 2 aromatic rings. The quantitative estimate of drug-likeness (QED) is 0.815. The van der Waals surface area contributed by atoms with Gasteiger partial charge in [0.2, 0.25) is 5.91 Å². The van der Waals surface area contributed by atoms with Crippen LogP contribution in [0.3, 0.4) is 0 Å². The lowest BCUT2D eigenvalue weighted by Gasteiger charge is -2.24. The highest BCUT2D eigenvalue weighted by Crippen LogP contribution is 2.21. The van der Waals surface area contributed by atoms with Gasteiger partial charge in [0.15, 0.2) is 0 Å². The van der Waals surface area contributed by atoms with Gasteiger partial charge in [0.1, 0.15) is 6.04 Å². The molecule has 0 aliphatic carbocycles. The Balaban J connectivity index is 1.58. The zero-order valence-electron chi connectivity index (χ0n) is 14.0. The van der Waals surface area contributed by atoms with Crippen LogP contribution in [0.2, 0.25) is 10.0 Å². The topological polar surface area (TPSA) is 61.4 Å². The van der Waals surface area contributed by atoms with Crippen molar-refractivity contribution in [3.63, 3.8) is 0 Å². The zero-order valence-corrected chi connectivity index (χ0v) is 15.6. The highest BCUT2D eigenvalue weighted by Gasteiger charge is 2.34. The molecule has 3 rings (SSSR count). The molecule has 2 aromatic carbocycles. The van der Waals surface area contributed by atoms with Gasteiger partial charge in [0.25, 0.3) is 0 Å². The summed E-state index contributed by atoms with van der Waals surface area (Å²) < 4.78 is 0. The number of halogens is 2. The molecule has 0 bridgehead atoms.